The molecule has 0 bridgehead atoms. The Morgan fingerprint density at radius 3 is 2.75 bits per heavy atom. The fraction of sp³-hybridized carbons (Fsp3) is 0.176. The lowest BCUT2D eigenvalue weighted by atomic mass is 10.1. The molecule has 7 heteroatoms. The zero-order chi connectivity index (χ0) is 17.3. The number of nitrogens with one attached hydrogen (secondary N) is 2. The van der Waals surface area contributed by atoms with E-state index >= 15 is 0 Å². The van der Waals surface area contributed by atoms with E-state index in [1.807, 2.05) is 19.1 Å². The molecule has 5 nitrogen and oxygen atoms in total. The Kier molecular flexibility index (Phi) is 4.64. The number of rotatable bonds is 3. The molecule has 0 radical (unpaired) electrons. The van der Waals surface area contributed by atoms with Gasteiger partial charge in [0, 0.05) is 5.69 Å². The third kappa shape index (κ3) is 3.63. The van der Waals surface area contributed by atoms with Gasteiger partial charge in [0.05, 0.1) is 22.2 Å². The van der Waals surface area contributed by atoms with Crippen LogP contribution in [0.5, 0.6) is 5.75 Å². The van der Waals surface area contributed by atoms with Crippen LogP contribution < -0.4 is 15.4 Å². The van der Waals surface area contributed by atoms with Crippen molar-refractivity contribution in [3.63, 3.8) is 0 Å². The van der Waals surface area contributed by atoms with E-state index in [0.717, 1.165) is 5.56 Å². The SMILES string of the molecule is Cc1ccc2c(c1)NC(=O)C(CC(=O)Nc1ccc(Cl)c(Cl)c1)O2. The van der Waals surface area contributed by atoms with Gasteiger partial charge < -0.3 is 15.4 Å². The number of hydrogen-bond acceptors (Lipinski definition) is 3. The van der Waals surface area contributed by atoms with Crippen molar-refractivity contribution in [2.24, 2.45) is 0 Å². The average Bonchev–Trinajstić information content (AvgIpc) is 2.52. The summed E-state index contributed by atoms with van der Waals surface area (Å²) in [4.78, 5) is 24.2. The minimum atomic E-state index is -0.886. The summed E-state index contributed by atoms with van der Waals surface area (Å²) in [5.41, 5.74) is 2.12. The lowest BCUT2D eigenvalue weighted by Gasteiger charge is -2.25. The van der Waals surface area contributed by atoms with Gasteiger partial charge in [-0.25, -0.2) is 0 Å². The summed E-state index contributed by atoms with van der Waals surface area (Å²) >= 11 is 11.7. The minimum absolute atomic E-state index is 0.112. The Bertz CT molecular complexity index is 823. The van der Waals surface area contributed by atoms with Gasteiger partial charge in [-0.1, -0.05) is 29.3 Å². The first-order valence-electron chi connectivity index (χ1n) is 7.25. The van der Waals surface area contributed by atoms with Gasteiger partial charge in [-0.15, -0.1) is 0 Å². The van der Waals surface area contributed by atoms with Crippen molar-refractivity contribution in [1.29, 1.82) is 0 Å². The Hall–Kier alpha value is -2.24. The van der Waals surface area contributed by atoms with Gasteiger partial charge in [0.15, 0.2) is 6.10 Å². The summed E-state index contributed by atoms with van der Waals surface area (Å²) < 4.78 is 5.63. The van der Waals surface area contributed by atoms with Gasteiger partial charge in [0.25, 0.3) is 5.91 Å². The van der Waals surface area contributed by atoms with Gasteiger partial charge in [-0.3, -0.25) is 9.59 Å². The van der Waals surface area contributed by atoms with Crippen molar-refractivity contribution in [3.05, 3.63) is 52.0 Å². The molecule has 2 amide bonds. The molecule has 0 fully saturated rings. The van der Waals surface area contributed by atoms with E-state index in [4.69, 9.17) is 27.9 Å². The zero-order valence-electron chi connectivity index (χ0n) is 12.7. The highest BCUT2D eigenvalue weighted by Crippen LogP contribution is 2.31. The maximum Gasteiger partial charge on any atom is 0.266 e. The van der Waals surface area contributed by atoms with Crippen LogP contribution in [0.4, 0.5) is 11.4 Å². The van der Waals surface area contributed by atoms with Crippen LogP contribution >= 0.6 is 23.2 Å². The quantitative estimate of drug-likeness (QED) is 0.863. The van der Waals surface area contributed by atoms with Crippen LogP contribution in [0.3, 0.4) is 0 Å². The van der Waals surface area contributed by atoms with E-state index in [1.165, 1.54) is 0 Å². The van der Waals surface area contributed by atoms with Crippen LogP contribution in [0.15, 0.2) is 36.4 Å². The first-order valence-corrected chi connectivity index (χ1v) is 8.01. The summed E-state index contributed by atoms with van der Waals surface area (Å²) in [5, 5.41) is 6.16. The van der Waals surface area contributed by atoms with E-state index in [9.17, 15) is 9.59 Å². The van der Waals surface area contributed by atoms with Crippen molar-refractivity contribution in [3.8, 4) is 5.75 Å². The van der Waals surface area contributed by atoms with E-state index in [2.05, 4.69) is 10.6 Å². The van der Waals surface area contributed by atoms with E-state index in [0.29, 0.717) is 27.2 Å². The molecule has 0 saturated heterocycles. The molecular formula is C17H14Cl2N2O3. The van der Waals surface area contributed by atoms with Gasteiger partial charge in [0.1, 0.15) is 5.75 Å². The topological polar surface area (TPSA) is 67.4 Å². The Morgan fingerprint density at radius 1 is 1.21 bits per heavy atom. The van der Waals surface area contributed by atoms with Crippen molar-refractivity contribution < 1.29 is 14.3 Å². The van der Waals surface area contributed by atoms with E-state index in [-0.39, 0.29) is 18.2 Å². The van der Waals surface area contributed by atoms with Crippen LogP contribution in [-0.2, 0) is 9.59 Å². The molecule has 2 N–H and O–H groups in total. The molecule has 0 aromatic heterocycles. The largest absolute Gasteiger partial charge is 0.478 e. The molecule has 1 atom stereocenters. The second-order valence-corrected chi connectivity index (χ2v) is 6.29. The van der Waals surface area contributed by atoms with Crippen LogP contribution in [0.1, 0.15) is 12.0 Å². The highest BCUT2D eigenvalue weighted by Gasteiger charge is 2.29. The molecule has 24 heavy (non-hydrogen) atoms. The van der Waals surface area contributed by atoms with Crippen molar-refractivity contribution >= 4 is 46.4 Å². The smallest absolute Gasteiger partial charge is 0.266 e. The molecule has 0 spiro atoms. The number of ether oxygens (including phenoxy) is 1. The molecule has 0 aliphatic carbocycles. The zero-order valence-corrected chi connectivity index (χ0v) is 14.2. The predicted molar refractivity (Wildman–Crippen MR) is 93.9 cm³/mol. The van der Waals surface area contributed by atoms with Crippen LogP contribution in [0.25, 0.3) is 0 Å². The maximum absolute atomic E-state index is 12.1. The number of fused-ring (bicyclic) bond motifs is 1. The Labute approximate surface area is 148 Å². The second-order valence-electron chi connectivity index (χ2n) is 5.48. The van der Waals surface area contributed by atoms with Gasteiger partial charge in [-0.05, 0) is 42.8 Å². The minimum Gasteiger partial charge on any atom is -0.478 e. The molecule has 1 unspecified atom stereocenters. The van der Waals surface area contributed by atoms with E-state index < -0.39 is 6.10 Å². The lowest BCUT2D eigenvalue weighted by molar-refractivity contribution is -0.128. The summed E-state index contributed by atoms with van der Waals surface area (Å²) in [7, 11) is 0. The molecule has 1 aliphatic heterocycles. The second kappa shape index (κ2) is 6.71. The third-order valence-corrected chi connectivity index (χ3v) is 4.27. The van der Waals surface area contributed by atoms with Crippen molar-refractivity contribution in [2.75, 3.05) is 10.6 Å². The van der Waals surface area contributed by atoms with Gasteiger partial charge >= 0.3 is 0 Å². The normalized spacial score (nSPS) is 16.0. The molecule has 3 rings (SSSR count). The Morgan fingerprint density at radius 2 is 2.00 bits per heavy atom. The molecule has 2 aromatic rings. The molecule has 1 heterocycles. The number of carbonyl (C=O) groups excluding carboxylic acids is 2. The van der Waals surface area contributed by atoms with Gasteiger partial charge in [-0.2, -0.15) is 0 Å². The van der Waals surface area contributed by atoms with E-state index in [1.54, 1.807) is 24.3 Å². The highest BCUT2D eigenvalue weighted by molar-refractivity contribution is 6.42. The molecule has 0 saturated carbocycles. The van der Waals surface area contributed by atoms with Gasteiger partial charge in [0.2, 0.25) is 5.91 Å². The molecular weight excluding hydrogens is 351 g/mol. The number of halogens is 2. The third-order valence-electron chi connectivity index (χ3n) is 3.53. The summed E-state index contributed by atoms with van der Waals surface area (Å²) in [6, 6.07) is 10.2. The maximum atomic E-state index is 12.1. The molecule has 1 aliphatic rings. The lowest BCUT2D eigenvalue weighted by Crippen LogP contribution is -2.39. The fourth-order valence-electron chi connectivity index (χ4n) is 2.35. The predicted octanol–water partition coefficient (Wildman–Crippen LogP) is 4.03. The average molecular weight is 365 g/mol. The number of amides is 2. The van der Waals surface area contributed by atoms with Crippen LogP contribution in [0.2, 0.25) is 10.0 Å². The monoisotopic (exact) mass is 364 g/mol. The van der Waals surface area contributed by atoms with Crippen molar-refractivity contribution in [2.45, 2.75) is 19.4 Å². The molecule has 2 aromatic carbocycles. The van der Waals surface area contributed by atoms with Crippen molar-refractivity contribution in [1.82, 2.24) is 0 Å². The van der Waals surface area contributed by atoms with Crippen LogP contribution in [0, 0.1) is 6.92 Å². The number of anilines is 2. The first kappa shape index (κ1) is 16.6. The Balaban J connectivity index is 1.67. The summed E-state index contributed by atoms with van der Waals surface area (Å²) in [6.07, 6.45) is -0.998. The highest BCUT2D eigenvalue weighted by atomic mass is 35.5. The first-order chi connectivity index (χ1) is 11.4. The standard InChI is InChI=1S/C17H14Cl2N2O3/c1-9-2-5-14-13(6-9)21-17(23)15(24-14)8-16(22)20-10-3-4-11(18)12(19)7-10/h2-7,15H,8H2,1H3,(H,20,22)(H,21,23). The number of hydrogen-bond donors (Lipinski definition) is 2. The fourth-order valence-corrected chi connectivity index (χ4v) is 2.65. The molecule has 124 valence electrons. The summed E-state index contributed by atoms with van der Waals surface area (Å²) in [6.45, 7) is 1.92. The number of benzene rings is 2. The number of aryl methyl sites for hydroxylation is 1. The number of carbonyl (C=O) groups is 2. The summed E-state index contributed by atoms with van der Waals surface area (Å²) in [5.74, 6) is -0.158. The van der Waals surface area contributed by atoms with Crippen LogP contribution in [-0.4, -0.2) is 17.9 Å².